The van der Waals surface area contributed by atoms with Gasteiger partial charge in [-0.05, 0) is 43.7 Å². The van der Waals surface area contributed by atoms with Crippen molar-refractivity contribution in [2.24, 2.45) is 5.92 Å². The molecule has 2 rings (SSSR count). The van der Waals surface area contributed by atoms with Crippen molar-refractivity contribution in [1.82, 2.24) is 4.90 Å². The Balaban J connectivity index is 2.01. The molecule has 0 spiro atoms. The van der Waals surface area contributed by atoms with Gasteiger partial charge in [0.05, 0.1) is 0 Å². The van der Waals surface area contributed by atoms with Gasteiger partial charge < -0.3 is 15.3 Å². The van der Waals surface area contributed by atoms with Gasteiger partial charge in [-0.25, -0.2) is 4.79 Å². The standard InChI is InChI=1S/C16H22N2O3/c1-11-5-3-6-12(2)15(11)17-16(21)18-8-4-7-13(10-18)9-14(19)20/h3,5-6,13H,4,7-10H2,1-2H3,(H,17,21)(H,19,20). The summed E-state index contributed by atoms with van der Waals surface area (Å²) in [4.78, 5) is 24.9. The molecule has 0 saturated carbocycles. The molecule has 2 amide bonds. The van der Waals surface area contributed by atoms with E-state index in [1.165, 1.54) is 0 Å². The number of rotatable bonds is 3. The number of carboxylic acids is 1. The number of carboxylic acid groups (broad SMARTS) is 1. The molecule has 5 heteroatoms. The molecule has 21 heavy (non-hydrogen) atoms. The highest BCUT2D eigenvalue weighted by Crippen LogP contribution is 2.23. The van der Waals surface area contributed by atoms with Crippen molar-refractivity contribution in [3.63, 3.8) is 0 Å². The number of anilines is 1. The quantitative estimate of drug-likeness (QED) is 0.899. The van der Waals surface area contributed by atoms with E-state index in [2.05, 4.69) is 5.32 Å². The Hall–Kier alpha value is -2.04. The van der Waals surface area contributed by atoms with Crippen LogP contribution in [0.15, 0.2) is 18.2 Å². The molecular weight excluding hydrogens is 268 g/mol. The van der Waals surface area contributed by atoms with Crippen LogP contribution in [-0.2, 0) is 4.79 Å². The van der Waals surface area contributed by atoms with Crippen LogP contribution in [0.2, 0.25) is 0 Å². The number of carbonyl (C=O) groups excluding carboxylic acids is 1. The van der Waals surface area contributed by atoms with Crippen LogP contribution in [0, 0.1) is 19.8 Å². The molecule has 1 aromatic rings. The zero-order valence-corrected chi connectivity index (χ0v) is 12.6. The van der Waals surface area contributed by atoms with Gasteiger partial charge in [-0.15, -0.1) is 0 Å². The van der Waals surface area contributed by atoms with Gasteiger partial charge in [0.25, 0.3) is 0 Å². The molecule has 0 bridgehead atoms. The molecule has 2 N–H and O–H groups in total. The molecule has 1 unspecified atom stereocenters. The number of amides is 2. The number of piperidine rings is 1. The molecule has 1 saturated heterocycles. The summed E-state index contributed by atoms with van der Waals surface area (Å²) in [5.41, 5.74) is 2.91. The lowest BCUT2D eigenvalue weighted by atomic mass is 9.95. The Kier molecular flexibility index (Phi) is 4.83. The third kappa shape index (κ3) is 3.97. The Bertz CT molecular complexity index is 522. The predicted molar refractivity (Wildman–Crippen MR) is 81.5 cm³/mol. The molecular formula is C16H22N2O3. The summed E-state index contributed by atoms with van der Waals surface area (Å²) >= 11 is 0. The average molecular weight is 290 g/mol. The van der Waals surface area contributed by atoms with Crippen LogP contribution in [0.1, 0.15) is 30.4 Å². The third-order valence-corrected chi connectivity index (χ3v) is 3.98. The number of urea groups is 1. The zero-order chi connectivity index (χ0) is 15.4. The van der Waals surface area contributed by atoms with Gasteiger partial charge in [-0.3, -0.25) is 4.79 Å². The van der Waals surface area contributed by atoms with Gasteiger partial charge in [0.2, 0.25) is 0 Å². The lowest BCUT2D eigenvalue weighted by Crippen LogP contribution is -2.43. The molecule has 1 atom stereocenters. The van der Waals surface area contributed by atoms with E-state index in [4.69, 9.17) is 5.11 Å². The summed E-state index contributed by atoms with van der Waals surface area (Å²) in [6, 6.07) is 5.75. The Morgan fingerprint density at radius 2 is 2.00 bits per heavy atom. The minimum absolute atomic E-state index is 0.0555. The smallest absolute Gasteiger partial charge is 0.321 e. The summed E-state index contributed by atoms with van der Waals surface area (Å²) < 4.78 is 0. The van der Waals surface area contributed by atoms with Crippen LogP contribution in [0.3, 0.4) is 0 Å². The molecule has 1 heterocycles. The fraction of sp³-hybridized carbons (Fsp3) is 0.500. The number of likely N-dealkylation sites (tertiary alicyclic amines) is 1. The first-order valence-electron chi connectivity index (χ1n) is 7.31. The first kappa shape index (κ1) is 15.4. The Labute approximate surface area is 125 Å². The number of hydrogen-bond acceptors (Lipinski definition) is 2. The van der Waals surface area contributed by atoms with Crippen LogP contribution >= 0.6 is 0 Å². The number of nitrogens with zero attached hydrogens (tertiary/aromatic N) is 1. The van der Waals surface area contributed by atoms with Crippen LogP contribution in [0.25, 0.3) is 0 Å². The second kappa shape index (κ2) is 6.61. The van der Waals surface area contributed by atoms with E-state index in [1.807, 2.05) is 32.0 Å². The molecule has 114 valence electrons. The normalized spacial score (nSPS) is 18.4. The van der Waals surface area contributed by atoms with Crippen molar-refractivity contribution in [2.75, 3.05) is 18.4 Å². The summed E-state index contributed by atoms with van der Waals surface area (Å²) in [6.45, 7) is 5.13. The first-order valence-corrected chi connectivity index (χ1v) is 7.31. The number of benzene rings is 1. The predicted octanol–water partition coefficient (Wildman–Crippen LogP) is 3.02. The van der Waals surface area contributed by atoms with E-state index in [1.54, 1.807) is 4.90 Å². The number of carbonyl (C=O) groups is 2. The number of hydrogen-bond donors (Lipinski definition) is 2. The average Bonchev–Trinajstić information content (AvgIpc) is 2.42. The van der Waals surface area contributed by atoms with E-state index in [9.17, 15) is 9.59 Å². The Morgan fingerprint density at radius 3 is 2.62 bits per heavy atom. The third-order valence-electron chi connectivity index (χ3n) is 3.98. The van der Waals surface area contributed by atoms with Gasteiger partial charge >= 0.3 is 12.0 Å². The van der Waals surface area contributed by atoms with E-state index in [-0.39, 0.29) is 18.4 Å². The highest BCUT2D eigenvalue weighted by molar-refractivity contribution is 5.91. The monoisotopic (exact) mass is 290 g/mol. The largest absolute Gasteiger partial charge is 0.481 e. The van der Waals surface area contributed by atoms with Gasteiger partial charge in [0.15, 0.2) is 0 Å². The fourth-order valence-electron chi connectivity index (χ4n) is 2.86. The minimum Gasteiger partial charge on any atom is -0.481 e. The number of para-hydroxylation sites is 1. The maximum Gasteiger partial charge on any atom is 0.321 e. The van der Waals surface area contributed by atoms with E-state index < -0.39 is 5.97 Å². The van der Waals surface area contributed by atoms with E-state index >= 15 is 0 Å². The van der Waals surface area contributed by atoms with Crippen molar-refractivity contribution in [1.29, 1.82) is 0 Å². The van der Waals surface area contributed by atoms with Crippen LogP contribution in [0.4, 0.5) is 10.5 Å². The molecule has 1 fully saturated rings. The molecule has 0 aliphatic carbocycles. The number of aryl methyl sites for hydroxylation is 2. The molecule has 1 aliphatic rings. The molecule has 0 aromatic heterocycles. The van der Waals surface area contributed by atoms with E-state index in [0.717, 1.165) is 29.7 Å². The van der Waals surface area contributed by atoms with Crippen molar-refractivity contribution >= 4 is 17.7 Å². The second-order valence-electron chi connectivity index (χ2n) is 5.75. The summed E-state index contributed by atoms with van der Waals surface area (Å²) in [5.74, 6) is -0.739. The molecule has 0 radical (unpaired) electrons. The maximum absolute atomic E-state index is 12.4. The summed E-state index contributed by atoms with van der Waals surface area (Å²) in [6.07, 6.45) is 1.87. The van der Waals surface area contributed by atoms with Gasteiger partial charge in [-0.1, -0.05) is 18.2 Å². The van der Waals surface area contributed by atoms with Crippen LogP contribution in [0.5, 0.6) is 0 Å². The van der Waals surface area contributed by atoms with Gasteiger partial charge in [0.1, 0.15) is 0 Å². The van der Waals surface area contributed by atoms with E-state index in [0.29, 0.717) is 13.1 Å². The summed E-state index contributed by atoms with van der Waals surface area (Å²) in [5, 5.41) is 11.8. The van der Waals surface area contributed by atoms with Gasteiger partial charge in [-0.2, -0.15) is 0 Å². The van der Waals surface area contributed by atoms with Crippen molar-refractivity contribution in [2.45, 2.75) is 33.1 Å². The Morgan fingerprint density at radius 1 is 1.33 bits per heavy atom. The minimum atomic E-state index is -0.794. The first-order chi connectivity index (χ1) is 9.97. The number of nitrogens with one attached hydrogen (secondary N) is 1. The second-order valence-corrected chi connectivity index (χ2v) is 5.75. The zero-order valence-electron chi connectivity index (χ0n) is 12.6. The highest BCUT2D eigenvalue weighted by Gasteiger charge is 2.25. The van der Waals surface area contributed by atoms with Crippen molar-refractivity contribution in [3.8, 4) is 0 Å². The molecule has 5 nitrogen and oxygen atoms in total. The van der Waals surface area contributed by atoms with Crippen LogP contribution in [-0.4, -0.2) is 35.1 Å². The van der Waals surface area contributed by atoms with Crippen molar-refractivity contribution in [3.05, 3.63) is 29.3 Å². The fourth-order valence-corrected chi connectivity index (χ4v) is 2.86. The van der Waals surface area contributed by atoms with Crippen molar-refractivity contribution < 1.29 is 14.7 Å². The highest BCUT2D eigenvalue weighted by atomic mass is 16.4. The van der Waals surface area contributed by atoms with Gasteiger partial charge in [0, 0.05) is 25.2 Å². The lowest BCUT2D eigenvalue weighted by molar-refractivity contribution is -0.138. The molecule has 1 aliphatic heterocycles. The lowest BCUT2D eigenvalue weighted by Gasteiger charge is -2.32. The summed E-state index contributed by atoms with van der Waals surface area (Å²) in [7, 11) is 0. The topological polar surface area (TPSA) is 69.6 Å². The molecule has 1 aromatic carbocycles. The number of aliphatic carboxylic acids is 1. The maximum atomic E-state index is 12.4. The van der Waals surface area contributed by atoms with Crippen LogP contribution < -0.4 is 5.32 Å². The SMILES string of the molecule is Cc1cccc(C)c1NC(=O)N1CCCC(CC(=O)O)C1.